The number of carbonyl (C=O) groups excluding carboxylic acids is 2. The molecule has 4 N–H and O–H groups in total. The minimum Gasteiger partial charge on any atom is -0.399 e. The van der Waals surface area contributed by atoms with E-state index in [4.69, 9.17) is 5.73 Å². The molecule has 0 radical (unpaired) electrons. The third-order valence-electron chi connectivity index (χ3n) is 5.05. The molecule has 6 nitrogen and oxygen atoms in total. The van der Waals surface area contributed by atoms with Crippen LogP contribution in [-0.4, -0.2) is 30.4 Å². The number of urea groups is 1. The predicted octanol–water partition coefficient (Wildman–Crippen LogP) is 2.99. The van der Waals surface area contributed by atoms with Crippen molar-refractivity contribution >= 4 is 17.6 Å². The number of aryl methyl sites for hydroxylation is 1. The van der Waals surface area contributed by atoms with Crippen molar-refractivity contribution in [3.05, 3.63) is 65.2 Å². The van der Waals surface area contributed by atoms with Gasteiger partial charge in [-0.15, -0.1) is 0 Å². The molecule has 0 heterocycles. The van der Waals surface area contributed by atoms with Gasteiger partial charge in [0.15, 0.2) is 0 Å². The fourth-order valence-electron chi connectivity index (χ4n) is 3.60. The summed E-state index contributed by atoms with van der Waals surface area (Å²) in [5, 5.41) is 5.90. The number of nitrogens with two attached hydrogens (primary N) is 1. The molecule has 0 saturated heterocycles. The van der Waals surface area contributed by atoms with Crippen molar-refractivity contribution in [2.45, 2.75) is 38.3 Å². The zero-order chi connectivity index (χ0) is 19.9. The third kappa shape index (κ3) is 5.25. The Morgan fingerprint density at radius 1 is 1.18 bits per heavy atom. The Morgan fingerprint density at radius 2 is 1.96 bits per heavy atom. The highest BCUT2D eigenvalue weighted by molar-refractivity contribution is 5.78. The van der Waals surface area contributed by atoms with Crippen molar-refractivity contribution in [3.8, 4) is 0 Å². The van der Waals surface area contributed by atoms with Gasteiger partial charge in [0.1, 0.15) is 0 Å². The van der Waals surface area contributed by atoms with Gasteiger partial charge in [-0.1, -0.05) is 36.4 Å². The standard InChI is InChI=1S/C22H28N4O2/c1-26(15-16-6-3-2-4-7-16)22(28)24-13-12-21(27)25-20-9-5-8-17-14-18(23)10-11-19(17)20/h2-4,6-7,10-11,14,20H,5,8-9,12-13,15,23H2,1H3,(H,24,28)(H,25,27). The van der Waals surface area contributed by atoms with Crippen molar-refractivity contribution in [1.29, 1.82) is 0 Å². The topological polar surface area (TPSA) is 87.5 Å². The second kappa shape index (κ2) is 9.26. The van der Waals surface area contributed by atoms with E-state index in [-0.39, 0.29) is 24.4 Å². The minimum atomic E-state index is -0.185. The molecule has 0 aliphatic heterocycles. The van der Waals surface area contributed by atoms with E-state index < -0.39 is 0 Å². The van der Waals surface area contributed by atoms with Crippen molar-refractivity contribution in [3.63, 3.8) is 0 Å². The second-order valence-corrected chi connectivity index (χ2v) is 7.29. The van der Waals surface area contributed by atoms with E-state index in [2.05, 4.69) is 10.6 Å². The maximum absolute atomic E-state index is 12.3. The quantitative estimate of drug-likeness (QED) is 0.673. The largest absolute Gasteiger partial charge is 0.399 e. The molecule has 28 heavy (non-hydrogen) atoms. The summed E-state index contributed by atoms with van der Waals surface area (Å²) in [6.07, 6.45) is 3.21. The molecule has 6 heteroatoms. The van der Waals surface area contributed by atoms with Gasteiger partial charge in [0.05, 0.1) is 6.04 Å². The summed E-state index contributed by atoms with van der Waals surface area (Å²) in [6, 6.07) is 15.5. The number of rotatable bonds is 6. The predicted molar refractivity (Wildman–Crippen MR) is 111 cm³/mol. The summed E-state index contributed by atoms with van der Waals surface area (Å²) in [5.41, 5.74) is 10.1. The molecule has 2 aromatic rings. The zero-order valence-corrected chi connectivity index (χ0v) is 16.3. The van der Waals surface area contributed by atoms with Gasteiger partial charge in [-0.3, -0.25) is 4.79 Å². The molecule has 148 valence electrons. The molecular weight excluding hydrogens is 352 g/mol. The highest BCUT2D eigenvalue weighted by Crippen LogP contribution is 2.30. The first-order valence-electron chi connectivity index (χ1n) is 9.73. The Labute approximate surface area is 166 Å². The van der Waals surface area contributed by atoms with Crippen LogP contribution >= 0.6 is 0 Å². The first kappa shape index (κ1) is 19.7. The van der Waals surface area contributed by atoms with Crippen molar-refractivity contribution in [1.82, 2.24) is 15.5 Å². The summed E-state index contributed by atoms with van der Waals surface area (Å²) < 4.78 is 0. The maximum Gasteiger partial charge on any atom is 0.317 e. The van der Waals surface area contributed by atoms with E-state index in [9.17, 15) is 9.59 Å². The number of nitrogens with zero attached hydrogens (tertiary/aromatic N) is 1. The van der Waals surface area contributed by atoms with Gasteiger partial charge in [-0.2, -0.15) is 0 Å². The normalized spacial score (nSPS) is 15.4. The van der Waals surface area contributed by atoms with Crippen LogP contribution in [0.5, 0.6) is 0 Å². The Morgan fingerprint density at radius 3 is 2.75 bits per heavy atom. The molecule has 3 amide bonds. The number of nitrogens with one attached hydrogen (secondary N) is 2. The molecule has 1 aliphatic carbocycles. The fraction of sp³-hybridized carbons (Fsp3) is 0.364. The van der Waals surface area contributed by atoms with E-state index in [1.807, 2.05) is 48.5 Å². The number of benzene rings is 2. The zero-order valence-electron chi connectivity index (χ0n) is 16.3. The lowest BCUT2D eigenvalue weighted by atomic mass is 9.87. The summed E-state index contributed by atoms with van der Waals surface area (Å²) in [6.45, 7) is 0.839. The molecule has 0 fully saturated rings. The van der Waals surface area contributed by atoms with Crippen LogP contribution in [0, 0.1) is 0 Å². The maximum atomic E-state index is 12.3. The lowest BCUT2D eigenvalue weighted by Crippen LogP contribution is -2.39. The molecule has 1 atom stereocenters. The fourth-order valence-corrected chi connectivity index (χ4v) is 3.60. The molecular formula is C22H28N4O2. The number of carbonyl (C=O) groups is 2. The van der Waals surface area contributed by atoms with Crippen LogP contribution in [-0.2, 0) is 17.8 Å². The molecule has 1 aliphatic rings. The molecule has 0 saturated carbocycles. The first-order chi connectivity index (χ1) is 13.5. The molecule has 0 aromatic heterocycles. The Kier molecular flexibility index (Phi) is 6.53. The van der Waals surface area contributed by atoms with Crippen LogP contribution < -0.4 is 16.4 Å². The molecule has 2 aromatic carbocycles. The lowest BCUT2D eigenvalue weighted by molar-refractivity contribution is -0.121. The van der Waals surface area contributed by atoms with E-state index in [0.717, 1.165) is 36.1 Å². The van der Waals surface area contributed by atoms with E-state index in [0.29, 0.717) is 13.1 Å². The SMILES string of the molecule is CN(Cc1ccccc1)C(=O)NCCC(=O)NC1CCCc2cc(N)ccc21. The summed E-state index contributed by atoms with van der Waals surface area (Å²) in [5.74, 6) is -0.0549. The molecule has 0 spiro atoms. The van der Waals surface area contributed by atoms with Gasteiger partial charge in [0, 0.05) is 32.2 Å². The second-order valence-electron chi connectivity index (χ2n) is 7.29. The Bertz CT molecular complexity index is 823. The van der Waals surface area contributed by atoms with Crippen LogP contribution in [0.25, 0.3) is 0 Å². The number of nitrogen functional groups attached to an aromatic ring is 1. The highest BCUT2D eigenvalue weighted by atomic mass is 16.2. The summed E-state index contributed by atoms with van der Waals surface area (Å²) in [7, 11) is 1.74. The van der Waals surface area contributed by atoms with E-state index >= 15 is 0 Å². The van der Waals surface area contributed by atoms with Gasteiger partial charge in [0.2, 0.25) is 5.91 Å². The van der Waals surface area contributed by atoms with Crippen molar-refractivity contribution < 1.29 is 9.59 Å². The lowest BCUT2D eigenvalue weighted by Gasteiger charge is -2.26. The van der Waals surface area contributed by atoms with Crippen LogP contribution in [0.3, 0.4) is 0 Å². The molecule has 0 bridgehead atoms. The molecule has 1 unspecified atom stereocenters. The Hall–Kier alpha value is -3.02. The van der Waals surface area contributed by atoms with Gasteiger partial charge < -0.3 is 21.3 Å². The Balaban J connectivity index is 1.43. The number of anilines is 1. The number of hydrogen-bond donors (Lipinski definition) is 3. The summed E-state index contributed by atoms with van der Waals surface area (Å²) >= 11 is 0. The van der Waals surface area contributed by atoms with Gasteiger partial charge in [0.25, 0.3) is 0 Å². The average molecular weight is 380 g/mol. The first-order valence-corrected chi connectivity index (χ1v) is 9.73. The van der Waals surface area contributed by atoms with Gasteiger partial charge >= 0.3 is 6.03 Å². The van der Waals surface area contributed by atoms with Crippen LogP contribution in [0.1, 0.15) is 42.0 Å². The monoisotopic (exact) mass is 380 g/mol. The summed E-state index contributed by atoms with van der Waals surface area (Å²) in [4.78, 5) is 26.1. The van der Waals surface area contributed by atoms with Crippen molar-refractivity contribution in [2.24, 2.45) is 0 Å². The number of hydrogen-bond acceptors (Lipinski definition) is 3. The van der Waals surface area contributed by atoms with Gasteiger partial charge in [-0.05, 0) is 48.1 Å². The van der Waals surface area contributed by atoms with E-state index in [1.165, 1.54) is 5.56 Å². The van der Waals surface area contributed by atoms with Gasteiger partial charge in [-0.25, -0.2) is 4.79 Å². The number of fused-ring (bicyclic) bond motifs is 1. The average Bonchev–Trinajstić information content (AvgIpc) is 2.68. The number of amides is 3. The smallest absolute Gasteiger partial charge is 0.317 e. The highest BCUT2D eigenvalue weighted by Gasteiger charge is 2.21. The van der Waals surface area contributed by atoms with Crippen LogP contribution in [0.2, 0.25) is 0 Å². The molecule has 3 rings (SSSR count). The minimum absolute atomic E-state index is 0.0216. The third-order valence-corrected chi connectivity index (χ3v) is 5.05. The van der Waals surface area contributed by atoms with Crippen LogP contribution in [0.4, 0.5) is 10.5 Å². The van der Waals surface area contributed by atoms with Crippen LogP contribution in [0.15, 0.2) is 48.5 Å². The van der Waals surface area contributed by atoms with Crippen molar-refractivity contribution in [2.75, 3.05) is 19.3 Å². The van der Waals surface area contributed by atoms with E-state index in [1.54, 1.807) is 11.9 Å².